The van der Waals surface area contributed by atoms with Gasteiger partial charge < -0.3 is 5.11 Å². The summed E-state index contributed by atoms with van der Waals surface area (Å²) in [5.41, 5.74) is 6.82. The average molecular weight is 332 g/mol. The Bertz CT molecular complexity index is 990. The Morgan fingerprint density at radius 1 is 1.00 bits per heavy atom. The Morgan fingerprint density at radius 3 is 2.52 bits per heavy atom. The lowest BCUT2D eigenvalue weighted by molar-refractivity contribution is 0.0954. The molecule has 3 aromatic carbocycles. The second-order valence-electron chi connectivity index (χ2n) is 6.12. The predicted octanol–water partition coefficient (Wildman–Crippen LogP) is 4.32. The molecule has 0 heterocycles. The minimum Gasteiger partial charge on any atom is -0.507 e. The molecule has 3 aromatic rings. The maximum Gasteiger partial charge on any atom is 0.275 e. The molecule has 0 saturated heterocycles. The molecule has 0 aliphatic heterocycles. The summed E-state index contributed by atoms with van der Waals surface area (Å²) in [5, 5.41) is 15.9. The highest BCUT2D eigenvalue weighted by Crippen LogP contribution is 2.26. The Kier molecular flexibility index (Phi) is 4.52. The van der Waals surface area contributed by atoms with Gasteiger partial charge >= 0.3 is 0 Å². The molecular weight excluding hydrogens is 312 g/mol. The Hall–Kier alpha value is -3.14. The van der Waals surface area contributed by atoms with Gasteiger partial charge in [0.1, 0.15) is 5.75 Å². The van der Waals surface area contributed by atoms with Crippen molar-refractivity contribution in [2.75, 3.05) is 0 Å². The number of hydrazone groups is 1. The third kappa shape index (κ3) is 3.38. The Morgan fingerprint density at radius 2 is 1.76 bits per heavy atom. The number of aryl methyl sites for hydroxylation is 2. The number of phenolic OH excluding ortho intramolecular Hbond substituents is 1. The fraction of sp³-hybridized carbons (Fsp3) is 0.143. The van der Waals surface area contributed by atoms with Crippen LogP contribution in [0.15, 0.2) is 59.7 Å². The number of fused-ring (bicyclic) bond motifs is 1. The quantitative estimate of drug-likeness (QED) is 0.554. The van der Waals surface area contributed by atoms with Gasteiger partial charge in [-0.25, -0.2) is 5.43 Å². The largest absolute Gasteiger partial charge is 0.507 e. The fourth-order valence-electron chi connectivity index (χ4n) is 2.72. The Labute approximate surface area is 146 Å². The van der Waals surface area contributed by atoms with Gasteiger partial charge in [0.2, 0.25) is 0 Å². The summed E-state index contributed by atoms with van der Waals surface area (Å²) in [7, 11) is 0. The van der Waals surface area contributed by atoms with E-state index in [1.807, 2.05) is 56.3 Å². The van der Waals surface area contributed by atoms with Crippen molar-refractivity contribution < 1.29 is 9.90 Å². The van der Waals surface area contributed by atoms with Crippen LogP contribution in [-0.4, -0.2) is 16.7 Å². The second-order valence-corrected chi connectivity index (χ2v) is 6.12. The van der Waals surface area contributed by atoms with Crippen LogP contribution in [-0.2, 0) is 0 Å². The summed E-state index contributed by atoms with van der Waals surface area (Å²) in [4.78, 5) is 12.6. The van der Waals surface area contributed by atoms with Crippen molar-refractivity contribution >= 4 is 22.4 Å². The summed E-state index contributed by atoms with van der Waals surface area (Å²) in [6.45, 7) is 5.93. The number of carbonyl (C=O) groups is 1. The molecule has 0 aliphatic carbocycles. The van der Waals surface area contributed by atoms with Crippen LogP contribution in [0.4, 0.5) is 0 Å². The van der Waals surface area contributed by atoms with E-state index in [0.717, 1.165) is 10.9 Å². The summed E-state index contributed by atoms with van der Waals surface area (Å²) in [6, 6.07) is 16.8. The normalized spacial score (nSPS) is 11.6. The maximum atomic E-state index is 12.6. The van der Waals surface area contributed by atoms with E-state index in [9.17, 15) is 9.90 Å². The molecule has 25 heavy (non-hydrogen) atoms. The number of hydrogen-bond donors (Lipinski definition) is 2. The van der Waals surface area contributed by atoms with E-state index in [4.69, 9.17) is 0 Å². The van der Waals surface area contributed by atoms with Gasteiger partial charge in [-0.15, -0.1) is 0 Å². The number of benzene rings is 3. The van der Waals surface area contributed by atoms with E-state index in [-0.39, 0.29) is 11.3 Å². The van der Waals surface area contributed by atoms with Crippen LogP contribution in [0.3, 0.4) is 0 Å². The zero-order valence-electron chi connectivity index (χ0n) is 14.5. The summed E-state index contributed by atoms with van der Waals surface area (Å²) in [5.74, 6) is -0.493. The highest BCUT2D eigenvalue weighted by atomic mass is 16.3. The van der Waals surface area contributed by atoms with Crippen molar-refractivity contribution in [2.24, 2.45) is 5.10 Å². The van der Waals surface area contributed by atoms with Crippen LogP contribution in [0.2, 0.25) is 0 Å². The summed E-state index contributed by atoms with van der Waals surface area (Å²) in [6.07, 6.45) is 0. The van der Waals surface area contributed by atoms with Crippen LogP contribution >= 0.6 is 0 Å². The zero-order valence-corrected chi connectivity index (χ0v) is 14.5. The first kappa shape index (κ1) is 16.7. The van der Waals surface area contributed by atoms with Gasteiger partial charge in [0.15, 0.2) is 0 Å². The van der Waals surface area contributed by atoms with Crippen LogP contribution in [0.5, 0.6) is 5.75 Å². The SMILES string of the molecule is CC(=NNC(=O)c1c(O)ccc2ccccc12)c1ccc(C)c(C)c1. The van der Waals surface area contributed by atoms with Crippen molar-refractivity contribution in [3.05, 3.63) is 76.9 Å². The zero-order chi connectivity index (χ0) is 18.0. The molecule has 0 bridgehead atoms. The van der Waals surface area contributed by atoms with Crippen molar-refractivity contribution in [1.82, 2.24) is 5.43 Å². The van der Waals surface area contributed by atoms with Gasteiger partial charge in [0.25, 0.3) is 5.91 Å². The third-order valence-corrected chi connectivity index (χ3v) is 4.38. The lowest BCUT2D eigenvalue weighted by Crippen LogP contribution is -2.20. The molecule has 0 fully saturated rings. The first-order valence-corrected chi connectivity index (χ1v) is 8.10. The first-order chi connectivity index (χ1) is 12.0. The molecule has 3 rings (SSSR count). The lowest BCUT2D eigenvalue weighted by atomic mass is 10.0. The number of rotatable bonds is 3. The molecule has 0 atom stereocenters. The molecular formula is C21H20N2O2. The van der Waals surface area contributed by atoms with E-state index in [1.165, 1.54) is 17.2 Å². The van der Waals surface area contributed by atoms with Crippen molar-refractivity contribution in [1.29, 1.82) is 0 Å². The minimum atomic E-state index is -0.433. The van der Waals surface area contributed by atoms with Gasteiger partial charge in [-0.2, -0.15) is 5.10 Å². The molecule has 0 unspecified atom stereocenters. The number of carbonyl (C=O) groups excluding carboxylic acids is 1. The number of nitrogens with one attached hydrogen (secondary N) is 1. The van der Waals surface area contributed by atoms with E-state index in [2.05, 4.69) is 17.5 Å². The van der Waals surface area contributed by atoms with Crippen LogP contribution in [0.25, 0.3) is 10.8 Å². The van der Waals surface area contributed by atoms with E-state index >= 15 is 0 Å². The molecule has 0 saturated carbocycles. The molecule has 0 spiro atoms. The Balaban J connectivity index is 1.90. The first-order valence-electron chi connectivity index (χ1n) is 8.10. The predicted molar refractivity (Wildman–Crippen MR) is 101 cm³/mol. The molecule has 1 amide bonds. The average Bonchev–Trinajstić information content (AvgIpc) is 2.61. The van der Waals surface area contributed by atoms with Gasteiger partial charge in [-0.05, 0) is 60.4 Å². The molecule has 4 nitrogen and oxygen atoms in total. The molecule has 0 aliphatic rings. The lowest BCUT2D eigenvalue weighted by Gasteiger charge is -2.09. The van der Waals surface area contributed by atoms with E-state index in [0.29, 0.717) is 11.1 Å². The van der Waals surface area contributed by atoms with E-state index < -0.39 is 5.91 Å². The van der Waals surface area contributed by atoms with E-state index in [1.54, 1.807) is 6.07 Å². The molecule has 2 N–H and O–H groups in total. The monoisotopic (exact) mass is 332 g/mol. The smallest absolute Gasteiger partial charge is 0.275 e. The molecule has 4 heteroatoms. The molecule has 0 aromatic heterocycles. The number of hydrogen-bond acceptors (Lipinski definition) is 3. The number of aromatic hydroxyl groups is 1. The van der Waals surface area contributed by atoms with Gasteiger partial charge in [-0.3, -0.25) is 4.79 Å². The van der Waals surface area contributed by atoms with Gasteiger partial charge in [-0.1, -0.05) is 42.5 Å². The number of nitrogens with zero attached hydrogens (tertiary/aromatic N) is 1. The summed E-state index contributed by atoms with van der Waals surface area (Å²) >= 11 is 0. The highest BCUT2D eigenvalue weighted by molar-refractivity contribution is 6.10. The topological polar surface area (TPSA) is 61.7 Å². The molecule has 0 radical (unpaired) electrons. The van der Waals surface area contributed by atoms with Crippen LogP contribution in [0, 0.1) is 13.8 Å². The maximum absolute atomic E-state index is 12.6. The van der Waals surface area contributed by atoms with Gasteiger partial charge in [0.05, 0.1) is 11.3 Å². The standard InChI is InChI=1S/C21H20N2O2/c1-13-8-9-17(12-14(13)2)15(3)22-23-21(25)20-18-7-5-4-6-16(18)10-11-19(20)24/h4-12,24H,1-3H3,(H,23,25). The van der Waals surface area contributed by atoms with Crippen LogP contribution < -0.4 is 5.43 Å². The highest BCUT2D eigenvalue weighted by Gasteiger charge is 2.15. The third-order valence-electron chi connectivity index (χ3n) is 4.38. The fourth-order valence-corrected chi connectivity index (χ4v) is 2.72. The molecule has 126 valence electrons. The van der Waals surface area contributed by atoms with Crippen molar-refractivity contribution in [2.45, 2.75) is 20.8 Å². The van der Waals surface area contributed by atoms with Crippen molar-refractivity contribution in [3.8, 4) is 5.75 Å². The number of amides is 1. The number of phenols is 1. The summed E-state index contributed by atoms with van der Waals surface area (Å²) < 4.78 is 0. The minimum absolute atomic E-state index is 0.0600. The second kappa shape index (κ2) is 6.77. The van der Waals surface area contributed by atoms with Crippen LogP contribution in [0.1, 0.15) is 34.0 Å². The van der Waals surface area contributed by atoms with Crippen molar-refractivity contribution in [3.63, 3.8) is 0 Å². The van der Waals surface area contributed by atoms with Gasteiger partial charge in [0, 0.05) is 0 Å².